The van der Waals surface area contributed by atoms with Crippen molar-refractivity contribution < 1.29 is 13.2 Å². The van der Waals surface area contributed by atoms with Gasteiger partial charge in [0.15, 0.2) is 9.84 Å². The number of anilines is 1. The molecule has 1 saturated heterocycles. The molecule has 1 aliphatic rings. The van der Waals surface area contributed by atoms with Crippen molar-refractivity contribution in [3.05, 3.63) is 24.3 Å². The van der Waals surface area contributed by atoms with Crippen LogP contribution in [0.15, 0.2) is 29.2 Å². The lowest BCUT2D eigenvalue weighted by Gasteiger charge is -2.22. The first-order chi connectivity index (χ1) is 8.97. The van der Waals surface area contributed by atoms with Crippen LogP contribution >= 0.6 is 11.8 Å². The highest BCUT2D eigenvalue weighted by atomic mass is 32.2. The normalized spacial score (nSPS) is 19.9. The summed E-state index contributed by atoms with van der Waals surface area (Å²) in [7, 11) is -3.26. The third-order valence-corrected chi connectivity index (χ3v) is 4.94. The highest BCUT2D eigenvalue weighted by Gasteiger charge is 2.21. The van der Waals surface area contributed by atoms with Crippen molar-refractivity contribution >= 4 is 33.2 Å². The molecule has 0 aliphatic carbocycles. The van der Waals surface area contributed by atoms with Gasteiger partial charge in [-0.15, -0.1) is 0 Å². The number of amides is 1. The molecule has 2 rings (SSSR count). The van der Waals surface area contributed by atoms with Gasteiger partial charge in [-0.2, -0.15) is 11.8 Å². The lowest BCUT2D eigenvalue weighted by molar-refractivity contribution is -0.117. The summed E-state index contributed by atoms with van der Waals surface area (Å²) in [4.78, 5) is 12.2. The van der Waals surface area contributed by atoms with Crippen LogP contribution in [0, 0.1) is 0 Å². The summed E-state index contributed by atoms with van der Waals surface area (Å²) in [6.45, 7) is 0.812. The Labute approximate surface area is 117 Å². The van der Waals surface area contributed by atoms with Crippen molar-refractivity contribution in [3.8, 4) is 0 Å². The molecule has 1 atom stereocenters. The molecule has 0 aromatic heterocycles. The van der Waals surface area contributed by atoms with Gasteiger partial charge in [-0.25, -0.2) is 8.42 Å². The van der Waals surface area contributed by atoms with E-state index < -0.39 is 9.84 Å². The van der Waals surface area contributed by atoms with Crippen LogP contribution in [0.1, 0.15) is 0 Å². The van der Waals surface area contributed by atoms with Gasteiger partial charge < -0.3 is 10.6 Å². The molecule has 1 heterocycles. The largest absolute Gasteiger partial charge is 0.325 e. The summed E-state index contributed by atoms with van der Waals surface area (Å²) < 4.78 is 22.9. The maximum Gasteiger partial charge on any atom is 0.242 e. The van der Waals surface area contributed by atoms with Gasteiger partial charge in [0.2, 0.25) is 5.91 Å². The van der Waals surface area contributed by atoms with Crippen molar-refractivity contribution in [2.75, 3.05) is 29.6 Å². The molecule has 2 N–H and O–H groups in total. The summed E-state index contributed by atoms with van der Waals surface area (Å²) in [6, 6.07) is 6.07. The fourth-order valence-electron chi connectivity index (χ4n) is 1.77. The molecule has 104 valence electrons. The number of hydrogen-bond donors (Lipinski definition) is 2. The molecule has 0 radical (unpaired) electrons. The van der Waals surface area contributed by atoms with E-state index in [-0.39, 0.29) is 16.8 Å². The summed E-state index contributed by atoms with van der Waals surface area (Å²) in [6.07, 6.45) is 1.15. The topological polar surface area (TPSA) is 75.3 Å². The summed E-state index contributed by atoms with van der Waals surface area (Å²) in [5.74, 6) is 1.61. The summed E-state index contributed by atoms with van der Waals surface area (Å²) in [5, 5.41) is 5.88. The monoisotopic (exact) mass is 300 g/mol. The van der Waals surface area contributed by atoms with Crippen molar-refractivity contribution in [1.82, 2.24) is 5.32 Å². The van der Waals surface area contributed by atoms with Crippen LogP contribution in [0.3, 0.4) is 0 Å². The van der Waals surface area contributed by atoms with Crippen LogP contribution in [-0.2, 0) is 14.6 Å². The van der Waals surface area contributed by atoms with Gasteiger partial charge in [-0.05, 0) is 18.2 Å². The molecule has 1 fully saturated rings. The fraction of sp³-hybridized carbons (Fsp3) is 0.417. The quantitative estimate of drug-likeness (QED) is 0.861. The van der Waals surface area contributed by atoms with Crippen molar-refractivity contribution in [2.24, 2.45) is 0 Å². The van der Waals surface area contributed by atoms with Crippen LogP contribution in [0.4, 0.5) is 5.69 Å². The zero-order valence-electron chi connectivity index (χ0n) is 10.5. The van der Waals surface area contributed by atoms with Gasteiger partial charge in [0, 0.05) is 30.0 Å². The molecule has 19 heavy (non-hydrogen) atoms. The number of rotatable bonds is 3. The minimum absolute atomic E-state index is 0.127. The lowest BCUT2D eigenvalue weighted by Crippen LogP contribution is -2.46. The number of carbonyl (C=O) groups is 1. The van der Waals surface area contributed by atoms with Gasteiger partial charge in [0.1, 0.15) is 0 Å². The molecule has 5 nitrogen and oxygen atoms in total. The molecule has 0 saturated carbocycles. The molecule has 0 spiro atoms. The smallest absolute Gasteiger partial charge is 0.242 e. The van der Waals surface area contributed by atoms with Crippen LogP contribution < -0.4 is 10.6 Å². The van der Waals surface area contributed by atoms with E-state index in [2.05, 4.69) is 10.6 Å². The standard InChI is InChI=1S/C12H16N2O3S2/c1-19(16,17)10-4-2-3-9(7-10)14-12(15)11-8-18-6-5-13-11/h2-4,7,11,13H,5-6,8H2,1H3,(H,14,15). The molecule has 1 amide bonds. The zero-order chi connectivity index (χ0) is 13.9. The van der Waals surface area contributed by atoms with Crippen LogP contribution in [0.5, 0.6) is 0 Å². The van der Waals surface area contributed by atoms with Gasteiger partial charge >= 0.3 is 0 Å². The van der Waals surface area contributed by atoms with Crippen molar-refractivity contribution in [3.63, 3.8) is 0 Å². The van der Waals surface area contributed by atoms with Crippen LogP contribution in [-0.4, -0.2) is 44.7 Å². The van der Waals surface area contributed by atoms with Gasteiger partial charge in [-0.3, -0.25) is 4.79 Å². The van der Waals surface area contributed by atoms with Gasteiger partial charge in [0.25, 0.3) is 0 Å². The Bertz CT molecular complexity index is 566. The first kappa shape index (κ1) is 14.4. The van der Waals surface area contributed by atoms with Crippen LogP contribution in [0.2, 0.25) is 0 Å². The van der Waals surface area contributed by atoms with E-state index in [9.17, 15) is 13.2 Å². The average molecular weight is 300 g/mol. The van der Waals surface area contributed by atoms with E-state index in [0.717, 1.165) is 24.3 Å². The van der Waals surface area contributed by atoms with Crippen molar-refractivity contribution in [1.29, 1.82) is 0 Å². The highest BCUT2D eigenvalue weighted by molar-refractivity contribution is 7.99. The number of hydrogen-bond acceptors (Lipinski definition) is 5. The van der Waals surface area contributed by atoms with E-state index in [1.807, 2.05) is 0 Å². The number of thioether (sulfide) groups is 1. The Kier molecular flexibility index (Phi) is 4.49. The molecule has 1 unspecified atom stereocenters. The fourth-order valence-corrected chi connectivity index (χ4v) is 3.37. The minimum Gasteiger partial charge on any atom is -0.325 e. The van der Waals surface area contributed by atoms with Gasteiger partial charge in [-0.1, -0.05) is 6.07 Å². The Morgan fingerprint density at radius 1 is 1.47 bits per heavy atom. The number of carbonyl (C=O) groups excluding carboxylic acids is 1. The molecule has 1 aliphatic heterocycles. The second-order valence-corrected chi connectivity index (χ2v) is 7.54. The first-order valence-electron chi connectivity index (χ1n) is 5.89. The highest BCUT2D eigenvalue weighted by Crippen LogP contribution is 2.16. The van der Waals surface area contributed by atoms with Gasteiger partial charge in [0.05, 0.1) is 10.9 Å². The average Bonchev–Trinajstić information content (AvgIpc) is 2.39. The van der Waals surface area contributed by atoms with E-state index in [1.54, 1.807) is 23.9 Å². The van der Waals surface area contributed by atoms with Crippen LogP contribution in [0.25, 0.3) is 0 Å². The Balaban J connectivity index is 2.08. The third kappa shape index (κ3) is 3.95. The molecule has 0 bridgehead atoms. The Hall–Kier alpha value is -1.05. The number of sulfone groups is 1. The predicted molar refractivity (Wildman–Crippen MR) is 77.3 cm³/mol. The Morgan fingerprint density at radius 3 is 2.89 bits per heavy atom. The zero-order valence-corrected chi connectivity index (χ0v) is 12.2. The second kappa shape index (κ2) is 5.94. The number of nitrogens with one attached hydrogen (secondary N) is 2. The van der Waals surface area contributed by atoms with E-state index in [4.69, 9.17) is 0 Å². The van der Waals surface area contributed by atoms with E-state index in [1.165, 1.54) is 12.1 Å². The molecule has 1 aromatic rings. The number of benzene rings is 1. The minimum atomic E-state index is -3.26. The summed E-state index contributed by atoms with van der Waals surface area (Å²) >= 11 is 1.73. The molecular formula is C12H16N2O3S2. The van der Waals surface area contributed by atoms with E-state index in [0.29, 0.717) is 5.69 Å². The maximum atomic E-state index is 12.0. The Morgan fingerprint density at radius 2 is 2.26 bits per heavy atom. The molecule has 7 heteroatoms. The van der Waals surface area contributed by atoms with E-state index >= 15 is 0 Å². The SMILES string of the molecule is CS(=O)(=O)c1cccc(NC(=O)C2CSCCN2)c1. The lowest BCUT2D eigenvalue weighted by atomic mass is 10.2. The predicted octanol–water partition coefficient (Wildman–Crippen LogP) is 0.734. The third-order valence-electron chi connectivity index (χ3n) is 2.77. The second-order valence-electron chi connectivity index (χ2n) is 4.37. The maximum absolute atomic E-state index is 12.0. The summed E-state index contributed by atoms with van der Waals surface area (Å²) in [5.41, 5.74) is 0.505. The molecular weight excluding hydrogens is 284 g/mol. The van der Waals surface area contributed by atoms with Crippen molar-refractivity contribution in [2.45, 2.75) is 10.9 Å². The first-order valence-corrected chi connectivity index (χ1v) is 8.93. The molecule has 1 aromatic carbocycles.